The van der Waals surface area contributed by atoms with Crippen molar-refractivity contribution in [3.05, 3.63) is 42.3 Å². The number of aromatic nitrogens is 3. The summed E-state index contributed by atoms with van der Waals surface area (Å²) in [4.78, 5) is 0. The Morgan fingerprint density at radius 3 is 2.39 bits per heavy atom. The number of hydrogen-bond donors (Lipinski definition) is 0. The third kappa shape index (κ3) is 3.52. The lowest BCUT2D eigenvalue weighted by atomic mass is 9.54. The Morgan fingerprint density at radius 1 is 0.968 bits per heavy atom. The molecule has 0 spiro atoms. The maximum Gasteiger partial charge on any atom is 0.164 e. The Kier molecular flexibility index (Phi) is 5.58. The number of methoxy groups -OCH3 is 3. The van der Waals surface area contributed by atoms with Gasteiger partial charge in [-0.25, -0.2) is 4.68 Å². The molecule has 0 amide bonds. The standard InChI is InChI=1S/C25H33N3O3/c1-17-8-7-11-24(2)12-9-18(10-13-25(17,24)3)19-16-28(27-26-19)20-14-22(30-5)23(31-6)15-21(20)29-4/h10,14-16H,1,7-9,11-13H2,2-6H3/t24-,25+/m1/s1. The molecule has 2 aliphatic carbocycles. The first-order chi connectivity index (χ1) is 14.8. The quantitative estimate of drug-likeness (QED) is 0.585. The molecule has 0 N–H and O–H groups in total. The van der Waals surface area contributed by atoms with Crippen molar-refractivity contribution in [3.63, 3.8) is 0 Å². The molecule has 0 aliphatic heterocycles. The molecule has 2 atom stereocenters. The Balaban J connectivity index is 1.67. The summed E-state index contributed by atoms with van der Waals surface area (Å²) < 4.78 is 18.2. The number of nitrogens with zero attached hydrogens (tertiary/aromatic N) is 3. The number of fused-ring (bicyclic) bond motifs is 1. The molecule has 4 rings (SSSR count). The summed E-state index contributed by atoms with van der Waals surface area (Å²) in [6.07, 6.45) is 11.1. The van der Waals surface area contributed by atoms with Gasteiger partial charge in [0.25, 0.3) is 0 Å². The molecule has 1 fully saturated rings. The average Bonchev–Trinajstić information content (AvgIpc) is 3.21. The molecule has 2 aliphatic rings. The van der Waals surface area contributed by atoms with Crippen LogP contribution in [0.5, 0.6) is 17.2 Å². The van der Waals surface area contributed by atoms with Gasteiger partial charge in [-0.15, -0.1) is 5.10 Å². The van der Waals surface area contributed by atoms with E-state index >= 15 is 0 Å². The Bertz CT molecular complexity index is 1030. The summed E-state index contributed by atoms with van der Waals surface area (Å²) in [7, 11) is 4.86. The highest BCUT2D eigenvalue weighted by molar-refractivity contribution is 5.64. The van der Waals surface area contributed by atoms with Gasteiger partial charge in [0.2, 0.25) is 0 Å². The highest BCUT2D eigenvalue weighted by Gasteiger charge is 2.48. The van der Waals surface area contributed by atoms with E-state index in [1.165, 1.54) is 24.0 Å². The van der Waals surface area contributed by atoms with Crippen molar-refractivity contribution in [3.8, 4) is 22.9 Å². The number of ether oxygens (including phenoxy) is 3. The molecule has 31 heavy (non-hydrogen) atoms. The lowest BCUT2D eigenvalue weighted by Gasteiger charge is -2.51. The maximum atomic E-state index is 5.57. The molecule has 0 unspecified atom stereocenters. The van der Waals surface area contributed by atoms with Gasteiger partial charge >= 0.3 is 0 Å². The summed E-state index contributed by atoms with van der Waals surface area (Å²) in [5, 5.41) is 8.91. The molecule has 1 heterocycles. The molecule has 166 valence electrons. The third-order valence-electron chi connectivity index (χ3n) is 7.78. The van der Waals surface area contributed by atoms with Gasteiger partial charge < -0.3 is 14.2 Å². The van der Waals surface area contributed by atoms with Gasteiger partial charge in [-0.3, -0.25) is 0 Å². The Morgan fingerprint density at radius 2 is 1.68 bits per heavy atom. The second-order valence-corrected chi connectivity index (χ2v) is 9.21. The fourth-order valence-corrected chi connectivity index (χ4v) is 5.26. The second-order valence-electron chi connectivity index (χ2n) is 9.21. The zero-order chi connectivity index (χ0) is 22.2. The second kappa shape index (κ2) is 8.06. The van der Waals surface area contributed by atoms with Crippen molar-refractivity contribution in [2.24, 2.45) is 10.8 Å². The monoisotopic (exact) mass is 423 g/mol. The lowest BCUT2D eigenvalue weighted by Crippen LogP contribution is -2.41. The summed E-state index contributed by atoms with van der Waals surface area (Å²) in [5.41, 5.74) is 4.76. The van der Waals surface area contributed by atoms with E-state index in [2.05, 4.69) is 36.8 Å². The fraction of sp³-hybridized carbons (Fsp3) is 0.520. The minimum Gasteiger partial charge on any atom is -0.494 e. The van der Waals surface area contributed by atoms with Gasteiger partial charge in [-0.1, -0.05) is 37.3 Å². The van der Waals surface area contributed by atoms with Crippen LogP contribution in [0.1, 0.15) is 58.1 Å². The minimum atomic E-state index is 0.148. The third-order valence-corrected chi connectivity index (χ3v) is 7.78. The van der Waals surface area contributed by atoms with Crippen LogP contribution in [-0.2, 0) is 0 Å². The summed E-state index contributed by atoms with van der Waals surface area (Å²) in [5.74, 6) is 1.87. The van der Waals surface area contributed by atoms with Crippen LogP contribution in [-0.4, -0.2) is 36.3 Å². The van der Waals surface area contributed by atoms with Crippen molar-refractivity contribution in [1.29, 1.82) is 0 Å². The van der Waals surface area contributed by atoms with Crippen molar-refractivity contribution >= 4 is 5.57 Å². The van der Waals surface area contributed by atoms with Crippen LogP contribution in [0.25, 0.3) is 11.3 Å². The first kappa shape index (κ1) is 21.5. The number of rotatable bonds is 5. The summed E-state index contributed by atoms with van der Waals surface area (Å²) >= 11 is 0. The molecule has 0 saturated heterocycles. The van der Waals surface area contributed by atoms with E-state index < -0.39 is 0 Å². The predicted octanol–water partition coefficient (Wildman–Crippen LogP) is 5.61. The molecule has 6 nitrogen and oxygen atoms in total. The molecule has 1 aromatic carbocycles. The molecule has 0 radical (unpaired) electrons. The molecule has 1 saturated carbocycles. The number of hydrogen-bond acceptors (Lipinski definition) is 5. The highest BCUT2D eigenvalue weighted by atomic mass is 16.5. The van der Waals surface area contributed by atoms with Gasteiger partial charge in [0, 0.05) is 12.1 Å². The van der Waals surface area contributed by atoms with E-state index in [9.17, 15) is 0 Å². The topological polar surface area (TPSA) is 58.4 Å². The smallest absolute Gasteiger partial charge is 0.164 e. The van der Waals surface area contributed by atoms with Crippen molar-refractivity contribution in [1.82, 2.24) is 15.0 Å². The van der Waals surface area contributed by atoms with Gasteiger partial charge in [-0.05, 0) is 54.9 Å². The molecule has 0 bridgehead atoms. The minimum absolute atomic E-state index is 0.148. The predicted molar refractivity (Wildman–Crippen MR) is 122 cm³/mol. The normalized spacial score (nSPS) is 26.0. The first-order valence-electron chi connectivity index (χ1n) is 11.0. The van der Waals surface area contributed by atoms with Crippen LogP contribution in [0.2, 0.25) is 0 Å². The van der Waals surface area contributed by atoms with Gasteiger partial charge in [0.1, 0.15) is 17.1 Å². The van der Waals surface area contributed by atoms with Crippen LogP contribution in [0.3, 0.4) is 0 Å². The van der Waals surface area contributed by atoms with E-state index in [0.29, 0.717) is 17.2 Å². The number of benzene rings is 1. The van der Waals surface area contributed by atoms with Crippen molar-refractivity contribution in [2.75, 3.05) is 21.3 Å². The Hall–Kier alpha value is -2.76. The average molecular weight is 424 g/mol. The molecule has 1 aromatic heterocycles. The molecular weight excluding hydrogens is 390 g/mol. The van der Waals surface area contributed by atoms with Gasteiger partial charge in [0.05, 0.1) is 27.5 Å². The maximum absolute atomic E-state index is 5.57. The first-order valence-corrected chi connectivity index (χ1v) is 11.0. The molecular formula is C25H33N3O3. The molecule has 6 heteroatoms. The van der Waals surface area contributed by atoms with E-state index in [1.54, 1.807) is 32.1 Å². The summed E-state index contributed by atoms with van der Waals surface area (Å²) in [6.45, 7) is 9.30. The largest absolute Gasteiger partial charge is 0.494 e. The SMILES string of the molecule is C=C1CCC[C@]2(C)CCC(c3cn(-c4cc(OC)c(OC)cc4OC)nn3)=CC[C@@]12C. The molecule has 2 aromatic rings. The Labute approximate surface area is 184 Å². The van der Waals surface area contributed by atoms with Gasteiger partial charge in [-0.2, -0.15) is 0 Å². The highest BCUT2D eigenvalue weighted by Crippen LogP contribution is 2.59. The van der Waals surface area contributed by atoms with Crippen LogP contribution >= 0.6 is 0 Å². The van der Waals surface area contributed by atoms with E-state index in [4.69, 9.17) is 14.2 Å². The fourth-order valence-electron chi connectivity index (χ4n) is 5.26. The van der Waals surface area contributed by atoms with Crippen LogP contribution in [0.15, 0.2) is 36.6 Å². The zero-order valence-corrected chi connectivity index (χ0v) is 19.3. The van der Waals surface area contributed by atoms with Crippen LogP contribution < -0.4 is 14.2 Å². The lowest BCUT2D eigenvalue weighted by molar-refractivity contribution is 0.0645. The van der Waals surface area contributed by atoms with Crippen LogP contribution in [0.4, 0.5) is 0 Å². The van der Waals surface area contributed by atoms with Crippen molar-refractivity contribution in [2.45, 2.75) is 52.4 Å². The number of allylic oxidation sites excluding steroid dienone is 3. The summed E-state index contributed by atoms with van der Waals surface area (Å²) in [6, 6.07) is 3.66. The van der Waals surface area contributed by atoms with Crippen molar-refractivity contribution < 1.29 is 14.2 Å². The van der Waals surface area contributed by atoms with Crippen LogP contribution in [0, 0.1) is 10.8 Å². The van der Waals surface area contributed by atoms with E-state index in [-0.39, 0.29) is 10.8 Å². The van der Waals surface area contributed by atoms with Gasteiger partial charge in [0.15, 0.2) is 11.5 Å². The van der Waals surface area contributed by atoms with E-state index in [0.717, 1.165) is 37.1 Å². The zero-order valence-electron chi connectivity index (χ0n) is 19.3. The van der Waals surface area contributed by atoms with E-state index in [1.807, 2.05) is 12.3 Å².